The Morgan fingerprint density at radius 1 is 1.03 bits per heavy atom. The van der Waals surface area contributed by atoms with Gasteiger partial charge < -0.3 is 29.4 Å². The molecule has 2 aromatic rings. The molecular weight excluding hydrogens is 378 g/mol. The number of primary amides is 1. The Bertz CT molecular complexity index is 1010. The molecule has 1 amide bonds. The van der Waals surface area contributed by atoms with Crippen LogP contribution in [0.25, 0.3) is 6.08 Å². The van der Waals surface area contributed by atoms with Crippen LogP contribution in [0, 0.1) is 6.92 Å². The molecule has 0 saturated carbocycles. The van der Waals surface area contributed by atoms with Crippen molar-refractivity contribution in [3.05, 3.63) is 46.7 Å². The van der Waals surface area contributed by atoms with Crippen LogP contribution >= 0.6 is 0 Å². The molecule has 3 rings (SSSR count). The second-order valence-electron chi connectivity index (χ2n) is 6.18. The van der Waals surface area contributed by atoms with Crippen molar-refractivity contribution in [3.63, 3.8) is 0 Å². The second kappa shape index (κ2) is 8.14. The van der Waals surface area contributed by atoms with Crippen LogP contribution in [0.4, 0.5) is 0 Å². The highest BCUT2D eigenvalue weighted by molar-refractivity contribution is 6.15. The highest BCUT2D eigenvalue weighted by atomic mass is 16.5. The molecule has 0 aliphatic carbocycles. The first-order valence-corrected chi connectivity index (χ1v) is 8.69. The SMILES string of the molecule is COc1ccc(/C=C2\Oc3c(ccc(OCC(N)=O)c3C)C2=O)c(OC)c1OC. The molecule has 1 heterocycles. The smallest absolute Gasteiger partial charge is 0.255 e. The minimum atomic E-state index is -0.594. The number of nitrogens with two attached hydrogens (primary N) is 1. The van der Waals surface area contributed by atoms with E-state index in [2.05, 4.69) is 0 Å². The molecule has 1 aliphatic rings. The van der Waals surface area contributed by atoms with Gasteiger partial charge in [0.25, 0.3) is 5.91 Å². The third kappa shape index (κ3) is 3.69. The maximum Gasteiger partial charge on any atom is 0.255 e. The summed E-state index contributed by atoms with van der Waals surface area (Å²) in [6, 6.07) is 6.65. The zero-order valence-electron chi connectivity index (χ0n) is 16.5. The van der Waals surface area contributed by atoms with Crippen LogP contribution in [0.2, 0.25) is 0 Å². The number of hydrogen-bond acceptors (Lipinski definition) is 7. The van der Waals surface area contributed by atoms with Crippen LogP contribution < -0.4 is 29.4 Å². The largest absolute Gasteiger partial charge is 0.493 e. The fourth-order valence-corrected chi connectivity index (χ4v) is 3.05. The van der Waals surface area contributed by atoms with Gasteiger partial charge in [-0.3, -0.25) is 9.59 Å². The number of rotatable bonds is 7. The van der Waals surface area contributed by atoms with Crippen molar-refractivity contribution in [1.82, 2.24) is 0 Å². The summed E-state index contributed by atoms with van der Waals surface area (Å²) >= 11 is 0. The highest BCUT2D eigenvalue weighted by Crippen LogP contribution is 2.43. The first kappa shape index (κ1) is 20.1. The molecule has 2 aromatic carbocycles. The van der Waals surface area contributed by atoms with E-state index in [4.69, 9.17) is 29.4 Å². The van der Waals surface area contributed by atoms with Gasteiger partial charge in [0.05, 0.1) is 26.9 Å². The molecule has 0 bridgehead atoms. The number of methoxy groups -OCH3 is 3. The Labute approximate surface area is 167 Å². The molecule has 8 heteroatoms. The number of amides is 1. The standard InChI is InChI=1S/C21H21NO7/c1-11-14(28-10-17(22)23)8-6-13-18(24)16(29-19(11)13)9-12-5-7-15(25-2)21(27-4)20(12)26-3/h5-9H,10H2,1-4H3,(H2,22,23)/b16-9-. The number of benzene rings is 2. The molecule has 1 aliphatic heterocycles. The van der Waals surface area contributed by atoms with Gasteiger partial charge in [0, 0.05) is 11.1 Å². The van der Waals surface area contributed by atoms with Crippen LogP contribution in [0.5, 0.6) is 28.7 Å². The van der Waals surface area contributed by atoms with E-state index in [1.807, 2.05) is 0 Å². The summed E-state index contributed by atoms with van der Waals surface area (Å²) in [6.45, 7) is 1.47. The third-order valence-electron chi connectivity index (χ3n) is 4.43. The quantitative estimate of drug-likeness (QED) is 0.713. The van der Waals surface area contributed by atoms with E-state index in [0.29, 0.717) is 45.4 Å². The van der Waals surface area contributed by atoms with E-state index < -0.39 is 5.91 Å². The first-order chi connectivity index (χ1) is 13.9. The average molecular weight is 399 g/mol. The van der Waals surface area contributed by atoms with E-state index in [1.165, 1.54) is 21.3 Å². The number of hydrogen-bond donors (Lipinski definition) is 1. The number of allylic oxidation sites excluding steroid dienone is 1. The van der Waals surface area contributed by atoms with Gasteiger partial charge in [0.2, 0.25) is 11.5 Å². The minimum absolute atomic E-state index is 0.126. The second-order valence-corrected chi connectivity index (χ2v) is 6.18. The Kier molecular flexibility index (Phi) is 5.63. The Hall–Kier alpha value is -3.68. The Balaban J connectivity index is 1.99. The Morgan fingerprint density at radius 2 is 1.72 bits per heavy atom. The predicted octanol–water partition coefficient (Wildman–Crippen LogP) is 2.50. The molecule has 0 unspecified atom stereocenters. The number of Topliss-reactive ketones (excluding diaryl/α,β-unsaturated/α-hetero) is 1. The number of carbonyl (C=O) groups excluding carboxylic acids is 2. The van der Waals surface area contributed by atoms with E-state index in [9.17, 15) is 9.59 Å². The zero-order chi connectivity index (χ0) is 21.1. The normalized spacial score (nSPS) is 13.7. The van der Waals surface area contributed by atoms with Crippen LogP contribution in [-0.4, -0.2) is 39.6 Å². The summed E-state index contributed by atoms with van der Waals surface area (Å²) in [5.41, 5.74) is 6.70. The van der Waals surface area contributed by atoms with Crippen molar-refractivity contribution in [3.8, 4) is 28.7 Å². The number of carbonyl (C=O) groups is 2. The lowest BCUT2D eigenvalue weighted by Crippen LogP contribution is -2.20. The maximum atomic E-state index is 12.8. The van der Waals surface area contributed by atoms with Crippen LogP contribution in [0.15, 0.2) is 30.0 Å². The zero-order valence-corrected chi connectivity index (χ0v) is 16.5. The molecule has 0 aromatic heterocycles. The van der Waals surface area contributed by atoms with Gasteiger partial charge in [-0.05, 0) is 37.3 Å². The van der Waals surface area contributed by atoms with Crippen molar-refractivity contribution in [2.24, 2.45) is 5.73 Å². The van der Waals surface area contributed by atoms with Gasteiger partial charge in [-0.15, -0.1) is 0 Å². The number of ether oxygens (including phenoxy) is 5. The van der Waals surface area contributed by atoms with Crippen molar-refractivity contribution in [2.45, 2.75) is 6.92 Å². The van der Waals surface area contributed by atoms with Crippen LogP contribution in [0.1, 0.15) is 21.5 Å². The molecular formula is C21H21NO7. The van der Waals surface area contributed by atoms with E-state index in [1.54, 1.807) is 37.3 Å². The predicted molar refractivity (Wildman–Crippen MR) is 105 cm³/mol. The van der Waals surface area contributed by atoms with E-state index in [-0.39, 0.29) is 18.1 Å². The van der Waals surface area contributed by atoms with Crippen LogP contribution in [-0.2, 0) is 4.79 Å². The number of fused-ring (bicyclic) bond motifs is 1. The van der Waals surface area contributed by atoms with Gasteiger partial charge in [-0.1, -0.05) is 0 Å². The lowest BCUT2D eigenvalue weighted by atomic mass is 10.1. The molecule has 0 saturated heterocycles. The van der Waals surface area contributed by atoms with Gasteiger partial charge in [0.15, 0.2) is 23.9 Å². The molecule has 29 heavy (non-hydrogen) atoms. The molecule has 0 spiro atoms. The third-order valence-corrected chi connectivity index (χ3v) is 4.43. The molecule has 0 radical (unpaired) electrons. The monoisotopic (exact) mass is 399 g/mol. The molecule has 8 nitrogen and oxygen atoms in total. The van der Waals surface area contributed by atoms with E-state index in [0.717, 1.165) is 0 Å². The summed E-state index contributed by atoms with van der Waals surface area (Å²) in [5, 5.41) is 0. The van der Waals surface area contributed by atoms with Crippen molar-refractivity contribution >= 4 is 17.8 Å². The minimum Gasteiger partial charge on any atom is -0.493 e. The maximum absolute atomic E-state index is 12.8. The van der Waals surface area contributed by atoms with Gasteiger partial charge in [-0.2, -0.15) is 0 Å². The van der Waals surface area contributed by atoms with Crippen molar-refractivity contribution in [2.75, 3.05) is 27.9 Å². The Morgan fingerprint density at radius 3 is 2.34 bits per heavy atom. The summed E-state index contributed by atoms with van der Waals surface area (Å²) in [5.74, 6) is 1.37. The topological polar surface area (TPSA) is 106 Å². The molecule has 2 N–H and O–H groups in total. The fraction of sp³-hybridized carbons (Fsp3) is 0.238. The van der Waals surface area contributed by atoms with Gasteiger partial charge in [0.1, 0.15) is 11.5 Å². The number of ketones is 1. The lowest BCUT2D eigenvalue weighted by Gasteiger charge is -2.14. The van der Waals surface area contributed by atoms with Gasteiger partial charge in [-0.25, -0.2) is 0 Å². The first-order valence-electron chi connectivity index (χ1n) is 8.69. The molecule has 152 valence electrons. The fourth-order valence-electron chi connectivity index (χ4n) is 3.05. The average Bonchev–Trinajstić information content (AvgIpc) is 3.03. The molecule has 0 fully saturated rings. The van der Waals surface area contributed by atoms with Crippen LogP contribution in [0.3, 0.4) is 0 Å². The highest BCUT2D eigenvalue weighted by Gasteiger charge is 2.31. The van der Waals surface area contributed by atoms with Crippen molar-refractivity contribution < 1.29 is 33.3 Å². The van der Waals surface area contributed by atoms with E-state index >= 15 is 0 Å². The van der Waals surface area contributed by atoms with Crippen molar-refractivity contribution in [1.29, 1.82) is 0 Å². The summed E-state index contributed by atoms with van der Waals surface area (Å²) in [6.07, 6.45) is 1.58. The summed E-state index contributed by atoms with van der Waals surface area (Å²) in [7, 11) is 4.52. The molecule has 0 atom stereocenters. The lowest BCUT2D eigenvalue weighted by molar-refractivity contribution is -0.119. The summed E-state index contributed by atoms with van der Waals surface area (Å²) in [4.78, 5) is 23.8. The summed E-state index contributed by atoms with van der Waals surface area (Å²) < 4.78 is 27.3. The van der Waals surface area contributed by atoms with Gasteiger partial charge >= 0.3 is 0 Å².